The monoisotopic (exact) mass is 292 g/mol. The summed E-state index contributed by atoms with van der Waals surface area (Å²) in [7, 11) is 0. The van der Waals surface area contributed by atoms with E-state index in [0.717, 1.165) is 11.1 Å². The summed E-state index contributed by atoms with van der Waals surface area (Å²) >= 11 is 0. The van der Waals surface area contributed by atoms with Crippen LogP contribution in [0.5, 0.6) is 0 Å². The number of rotatable bonds is 6. The molecule has 0 saturated heterocycles. The molecule has 0 spiro atoms. The first-order valence-electron chi connectivity index (χ1n) is 6.88. The van der Waals surface area contributed by atoms with Crippen LogP contribution in [-0.2, 0) is 4.79 Å². The van der Waals surface area contributed by atoms with Crippen molar-refractivity contribution in [2.75, 3.05) is 6.61 Å². The van der Waals surface area contributed by atoms with Crippen molar-refractivity contribution in [3.8, 4) is 0 Å². The van der Waals surface area contributed by atoms with Gasteiger partial charge in [-0.15, -0.1) is 0 Å². The molecule has 2 rings (SSSR count). The Morgan fingerprint density at radius 3 is 2.14 bits per heavy atom. The molecule has 0 saturated carbocycles. The van der Waals surface area contributed by atoms with Crippen molar-refractivity contribution in [3.05, 3.63) is 83.4 Å². The summed E-state index contributed by atoms with van der Waals surface area (Å²) in [5.74, 6) is -0.405. The van der Waals surface area contributed by atoms with Gasteiger partial charge in [0.2, 0.25) is 0 Å². The fraction of sp³-hybridized carbons (Fsp3) is 0.0526. The zero-order valence-electron chi connectivity index (χ0n) is 12.0. The lowest BCUT2D eigenvalue weighted by Gasteiger charge is -1.97. The Balaban J connectivity index is 2.10. The van der Waals surface area contributed by atoms with Crippen LogP contribution in [0.1, 0.15) is 21.5 Å². The molecule has 0 bridgehead atoms. The number of allylic oxidation sites excluding steroid dienone is 1. The first-order valence-corrected chi connectivity index (χ1v) is 6.88. The van der Waals surface area contributed by atoms with Crippen LogP contribution in [0.25, 0.3) is 12.2 Å². The Labute approximate surface area is 129 Å². The van der Waals surface area contributed by atoms with Gasteiger partial charge in [0.15, 0.2) is 11.6 Å². The number of aliphatic hydroxyl groups excluding tert-OH is 1. The third-order valence-corrected chi connectivity index (χ3v) is 3.01. The van der Waals surface area contributed by atoms with Crippen LogP contribution in [0.3, 0.4) is 0 Å². The smallest absolute Gasteiger partial charge is 0.185 e. The SMILES string of the molecule is O=C(/C=C/c1cccc(/C=C/C(=O)c2ccccc2)c1)CO. The largest absolute Gasteiger partial charge is 0.388 e. The predicted octanol–water partition coefficient (Wildman–Crippen LogP) is 3.16. The molecule has 0 aliphatic carbocycles. The van der Waals surface area contributed by atoms with E-state index in [2.05, 4.69) is 0 Å². The van der Waals surface area contributed by atoms with E-state index in [0.29, 0.717) is 5.56 Å². The van der Waals surface area contributed by atoms with Crippen molar-refractivity contribution in [1.82, 2.24) is 0 Å². The molecular formula is C19H16O3. The molecule has 0 radical (unpaired) electrons. The number of hydrogen-bond acceptors (Lipinski definition) is 3. The van der Waals surface area contributed by atoms with Crippen LogP contribution in [-0.4, -0.2) is 23.3 Å². The number of carbonyl (C=O) groups excluding carboxylic acids is 2. The lowest BCUT2D eigenvalue weighted by atomic mass is 10.1. The lowest BCUT2D eigenvalue weighted by molar-refractivity contribution is -0.117. The van der Waals surface area contributed by atoms with Crippen molar-refractivity contribution >= 4 is 23.7 Å². The molecule has 2 aromatic rings. The van der Waals surface area contributed by atoms with Crippen LogP contribution >= 0.6 is 0 Å². The second kappa shape index (κ2) is 7.86. The van der Waals surface area contributed by atoms with Crippen LogP contribution in [0.2, 0.25) is 0 Å². The van der Waals surface area contributed by atoms with Gasteiger partial charge < -0.3 is 5.11 Å². The molecule has 1 N–H and O–H groups in total. The molecule has 22 heavy (non-hydrogen) atoms. The van der Waals surface area contributed by atoms with E-state index in [1.54, 1.807) is 24.3 Å². The molecule has 3 nitrogen and oxygen atoms in total. The van der Waals surface area contributed by atoms with Crippen molar-refractivity contribution < 1.29 is 14.7 Å². The summed E-state index contributed by atoms with van der Waals surface area (Å²) in [5.41, 5.74) is 2.34. The van der Waals surface area contributed by atoms with Gasteiger partial charge in [0.25, 0.3) is 0 Å². The van der Waals surface area contributed by atoms with E-state index in [-0.39, 0.29) is 11.6 Å². The van der Waals surface area contributed by atoms with Gasteiger partial charge in [0, 0.05) is 5.56 Å². The highest BCUT2D eigenvalue weighted by Gasteiger charge is 1.99. The van der Waals surface area contributed by atoms with Gasteiger partial charge in [-0.2, -0.15) is 0 Å². The number of carbonyl (C=O) groups is 2. The van der Waals surface area contributed by atoms with E-state index in [1.807, 2.05) is 42.5 Å². The predicted molar refractivity (Wildman–Crippen MR) is 87.4 cm³/mol. The molecule has 0 fully saturated rings. The Hall–Kier alpha value is -2.78. The number of ketones is 2. The lowest BCUT2D eigenvalue weighted by Crippen LogP contribution is -1.97. The van der Waals surface area contributed by atoms with Gasteiger partial charge in [0.1, 0.15) is 6.61 Å². The van der Waals surface area contributed by atoms with Gasteiger partial charge in [-0.05, 0) is 29.3 Å². The highest BCUT2D eigenvalue weighted by molar-refractivity contribution is 6.06. The average molecular weight is 292 g/mol. The maximum Gasteiger partial charge on any atom is 0.185 e. The van der Waals surface area contributed by atoms with E-state index in [9.17, 15) is 9.59 Å². The van der Waals surface area contributed by atoms with Gasteiger partial charge >= 0.3 is 0 Å². The number of hydrogen-bond donors (Lipinski definition) is 1. The second-order valence-corrected chi connectivity index (χ2v) is 4.69. The Morgan fingerprint density at radius 2 is 1.50 bits per heavy atom. The molecule has 110 valence electrons. The van der Waals surface area contributed by atoms with Gasteiger partial charge in [-0.3, -0.25) is 9.59 Å². The first kappa shape index (κ1) is 15.6. The minimum atomic E-state index is -0.498. The van der Waals surface area contributed by atoms with Gasteiger partial charge in [0.05, 0.1) is 0 Å². The molecule has 0 aromatic heterocycles. The second-order valence-electron chi connectivity index (χ2n) is 4.69. The van der Waals surface area contributed by atoms with E-state index in [4.69, 9.17) is 5.11 Å². The Bertz CT molecular complexity index is 712. The summed E-state index contributed by atoms with van der Waals surface area (Å²) in [5, 5.41) is 8.67. The number of aliphatic hydroxyl groups is 1. The first-order chi connectivity index (χ1) is 10.7. The van der Waals surface area contributed by atoms with E-state index >= 15 is 0 Å². The van der Waals surface area contributed by atoms with E-state index < -0.39 is 6.61 Å². The maximum atomic E-state index is 12.0. The molecule has 2 aromatic carbocycles. The summed E-state index contributed by atoms with van der Waals surface area (Å²) in [6.07, 6.45) is 6.23. The van der Waals surface area contributed by atoms with Crippen molar-refractivity contribution in [3.63, 3.8) is 0 Å². The quantitative estimate of drug-likeness (QED) is 0.657. The molecule has 0 aliphatic heterocycles. The zero-order valence-corrected chi connectivity index (χ0v) is 12.0. The highest BCUT2D eigenvalue weighted by atomic mass is 16.3. The molecule has 0 atom stereocenters. The topological polar surface area (TPSA) is 54.4 Å². The van der Waals surface area contributed by atoms with Gasteiger partial charge in [-0.1, -0.05) is 60.7 Å². The fourth-order valence-electron chi connectivity index (χ4n) is 1.88. The Morgan fingerprint density at radius 1 is 0.864 bits per heavy atom. The van der Waals surface area contributed by atoms with Crippen LogP contribution in [0.4, 0.5) is 0 Å². The minimum Gasteiger partial charge on any atom is -0.388 e. The third-order valence-electron chi connectivity index (χ3n) is 3.01. The number of benzene rings is 2. The van der Waals surface area contributed by atoms with Crippen molar-refractivity contribution in [1.29, 1.82) is 0 Å². The highest BCUT2D eigenvalue weighted by Crippen LogP contribution is 2.10. The molecule has 0 amide bonds. The van der Waals surface area contributed by atoms with Crippen molar-refractivity contribution in [2.45, 2.75) is 0 Å². The maximum absolute atomic E-state index is 12.0. The molecule has 0 aliphatic rings. The molecule has 3 heteroatoms. The molecule has 0 unspecified atom stereocenters. The summed E-state index contributed by atoms with van der Waals surface area (Å²) < 4.78 is 0. The summed E-state index contributed by atoms with van der Waals surface area (Å²) in [6.45, 7) is -0.498. The minimum absolute atomic E-state index is 0.0583. The average Bonchev–Trinajstić information content (AvgIpc) is 2.58. The fourth-order valence-corrected chi connectivity index (χ4v) is 1.88. The Kier molecular flexibility index (Phi) is 5.57. The standard InChI is InChI=1S/C19H16O3/c20-14-18(21)11-9-15-5-4-6-16(13-15)10-12-19(22)17-7-2-1-3-8-17/h1-13,20H,14H2/b11-9+,12-10+. The summed E-state index contributed by atoms with van der Waals surface area (Å²) in [4.78, 5) is 23.0. The zero-order chi connectivity index (χ0) is 15.8. The van der Waals surface area contributed by atoms with Crippen LogP contribution in [0, 0.1) is 0 Å². The summed E-state index contributed by atoms with van der Waals surface area (Å²) in [6, 6.07) is 16.5. The molecule has 0 heterocycles. The third kappa shape index (κ3) is 4.65. The van der Waals surface area contributed by atoms with Crippen LogP contribution in [0.15, 0.2) is 66.7 Å². The molecular weight excluding hydrogens is 276 g/mol. The van der Waals surface area contributed by atoms with Crippen molar-refractivity contribution in [2.24, 2.45) is 0 Å². The van der Waals surface area contributed by atoms with E-state index in [1.165, 1.54) is 12.2 Å². The normalized spacial score (nSPS) is 11.1. The van der Waals surface area contributed by atoms with Crippen LogP contribution < -0.4 is 0 Å². The van der Waals surface area contributed by atoms with Gasteiger partial charge in [-0.25, -0.2) is 0 Å².